The summed E-state index contributed by atoms with van der Waals surface area (Å²) in [6.07, 6.45) is -1.79. The molecule has 0 fully saturated rings. The predicted molar refractivity (Wildman–Crippen MR) is 75.8 cm³/mol. The molecule has 0 heterocycles. The maximum absolute atomic E-state index is 11.6. The van der Waals surface area contributed by atoms with Crippen LogP contribution in [0.4, 0.5) is 0 Å². The third-order valence-corrected chi connectivity index (χ3v) is 6.60. The van der Waals surface area contributed by atoms with E-state index < -0.39 is 46.3 Å². The van der Waals surface area contributed by atoms with E-state index in [1.807, 2.05) is 0 Å². The van der Waals surface area contributed by atoms with Crippen molar-refractivity contribution < 1.29 is 43.1 Å². The van der Waals surface area contributed by atoms with Gasteiger partial charge >= 0.3 is 22.8 Å². The minimum atomic E-state index is -5.05. The largest absolute Gasteiger partial charge is 0.345 e. The van der Waals surface area contributed by atoms with E-state index in [0.717, 1.165) is 0 Å². The van der Waals surface area contributed by atoms with Gasteiger partial charge in [-0.05, 0) is 6.42 Å². The zero-order chi connectivity index (χ0) is 17.1. The Bertz CT molecular complexity index is 455. The van der Waals surface area contributed by atoms with E-state index in [1.165, 1.54) is 0 Å². The van der Waals surface area contributed by atoms with Gasteiger partial charge in [0.05, 0.1) is 12.3 Å². The summed E-state index contributed by atoms with van der Waals surface area (Å²) in [6, 6.07) is 0. The number of rotatable bonds is 9. The molecule has 0 aliphatic carbocycles. The molecule has 13 heteroatoms. The Kier molecular flexibility index (Phi) is 7.46. The molecule has 0 aliphatic rings. The zero-order valence-corrected chi connectivity index (χ0v) is 14.1. The second-order valence-corrected chi connectivity index (χ2v) is 10.3. The van der Waals surface area contributed by atoms with Crippen molar-refractivity contribution >= 4 is 22.8 Å². The Morgan fingerprint density at radius 1 is 0.952 bits per heavy atom. The standard InChI is InChI=1S/C8H22NO9P3/c1-2-3-4-8(9,21(16,17)18)7(5-19(10,11)12)6-20(13,14)15/h7H,2-6,9H2,1H3,(H2,10,11,12)(H2,13,14,15)(H2,16,17,18). The summed E-state index contributed by atoms with van der Waals surface area (Å²) in [5.74, 6) is -1.72. The SMILES string of the molecule is CCCCC(N)(C(CP(=O)(O)O)CP(=O)(O)O)P(=O)(O)O. The van der Waals surface area contributed by atoms with Crippen molar-refractivity contribution in [3.8, 4) is 0 Å². The van der Waals surface area contributed by atoms with Gasteiger partial charge in [0.15, 0.2) is 0 Å². The van der Waals surface area contributed by atoms with Crippen LogP contribution in [0.1, 0.15) is 26.2 Å². The summed E-state index contributed by atoms with van der Waals surface area (Å²) in [5.41, 5.74) is 5.67. The molecule has 10 nitrogen and oxygen atoms in total. The molecule has 0 saturated carbocycles. The molecule has 0 aromatic rings. The first-order valence-corrected chi connectivity index (χ1v) is 11.3. The van der Waals surface area contributed by atoms with Crippen LogP contribution in [0.5, 0.6) is 0 Å². The number of hydrogen-bond acceptors (Lipinski definition) is 4. The van der Waals surface area contributed by atoms with E-state index in [-0.39, 0.29) is 12.8 Å². The lowest BCUT2D eigenvalue weighted by Crippen LogP contribution is -2.49. The van der Waals surface area contributed by atoms with Crippen molar-refractivity contribution in [1.82, 2.24) is 0 Å². The lowest BCUT2D eigenvalue weighted by Gasteiger charge is -2.38. The van der Waals surface area contributed by atoms with Crippen molar-refractivity contribution in [2.45, 2.75) is 31.5 Å². The van der Waals surface area contributed by atoms with Gasteiger partial charge in [-0.15, -0.1) is 0 Å². The van der Waals surface area contributed by atoms with E-state index in [0.29, 0.717) is 6.42 Å². The van der Waals surface area contributed by atoms with Gasteiger partial charge in [0.2, 0.25) is 0 Å². The number of hydrogen-bond donors (Lipinski definition) is 7. The average Bonchev–Trinajstić information content (AvgIpc) is 2.19. The lowest BCUT2D eigenvalue weighted by molar-refractivity contribution is 0.262. The second-order valence-electron chi connectivity index (χ2n) is 5.03. The monoisotopic (exact) mass is 369 g/mol. The highest BCUT2D eigenvalue weighted by Crippen LogP contribution is 2.58. The van der Waals surface area contributed by atoms with E-state index in [2.05, 4.69) is 0 Å². The van der Waals surface area contributed by atoms with Crippen LogP contribution in [-0.2, 0) is 13.7 Å². The first-order valence-electron chi connectivity index (χ1n) is 6.06. The Balaban J connectivity index is 5.72. The summed E-state index contributed by atoms with van der Waals surface area (Å²) in [6.45, 7) is 1.71. The molecule has 0 saturated heterocycles. The lowest BCUT2D eigenvalue weighted by atomic mass is 9.98. The summed E-state index contributed by atoms with van der Waals surface area (Å²) >= 11 is 0. The van der Waals surface area contributed by atoms with E-state index >= 15 is 0 Å². The van der Waals surface area contributed by atoms with Crippen LogP contribution in [0.15, 0.2) is 0 Å². The summed E-state index contributed by atoms with van der Waals surface area (Å²) in [5, 5.41) is -2.40. The second kappa shape index (κ2) is 7.32. The van der Waals surface area contributed by atoms with Crippen LogP contribution in [0.25, 0.3) is 0 Å². The van der Waals surface area contributed by atoms with Gasteiger partial charge in [0.25, 0.3) is 0 Å². The predicted octanol–water partition coefficient (Wildman–Crippen LogP) is -0.0191. The van der Waals surface area contributed by atoms with Crippen LogP contribution < -0.4 is 5.73 Å². The van der Waals surface area contributed by atoms with Gasteiger partial charge in [-0.25, -0.2) is 0 Å². The van der Waals surface area contributed by atoms with Crippen molar-refractivity contribution in [3.05, 3.63) is 0 Å². The summed E-state index contributed by atoms with van der Waals surface area (Å²) in [7, 11) is -14.6. The van der Waals surface area contributed by atoms with Gasteiger partial charge < -0.3 is 35.1 Å². The van der Waals surface area contributed by atoms with E-state index in [1.54, 1.807) is 6.92 Å². The highest BCUT2D eigenvalue weighted by molar-refractivity contribution is 7.55. The molecule has 0 amide bonds. The van der Waals surface area contributed by atoms with Gasteiger partial charge in [0, 0.05) is 5.92 Å². The normalized spacial score (nSPS) is 17.0. The highest BCUT2D eigenvalue weighted by atomic mass is 31.2. The van der Waals surface area contributed by atoms with E-state index in [4.69, 9.17) is 25.3 Å². The molecule has 8 N–H and O–H groups in total. The van der Waals surface area contributed by atoms with Crippen LogP contribution in [0.2, 0.25) is 0 Å². The third kappa shape index (κ3) is 7.48. The molecule has 0 spiro atoms. The Hall–Kier alpha value is 0.410. The quantitative estimate of drug-likeness (QED) is 0.271. The molecule has 0 radical (unpaired) electrons. The molecule has 1 unspecified atom stereocenters. The van der Waals surface area contributed by atoms with Gasteiger partial charge in [0.1, 0.15) is 5.28 Å². The molecular weight excluding hydrogens is 347 g/mol. The van der Waals surface area contributed by atoms with Crippen LogP contribution in [0, 0.1) is 5.92 Å². The first kappa shape index (κ1) is 21.4. The molecule has 1 atom stereocenters. The zero-order valence-electron chi connectivity index (χ0n) is 11.4. The van der Waals surface area contributed by atoms with Crippen molar-refractivity contribution in [1.29, 1.82) is 0 Å². The summed E-state index contributed by atoms with van der Waals surface area (Å²) in [4.78, 5) is 54.8. The minimum Gasteiger partial charge on any atom is -0.324 e. The van der Waals surface area contributed by atoms with Crippen LogP contribution in [-0.4, -0.2) is 47.0 Å². The van der Waals surface area contributed by atoms with Crippen LogP contribution in [0.3, 0.4) is 0 Å². The Morgan fingerprint density at radius 2 is 1.33 bits per heavy atom. The molecule has 0 aliphatic heterocycles. The van der Waals surface area contributed by atoms with Crippen molar-refractivity contribution in [2.24, 2.45) is 11.7 Å². The molecule has 0 bridgehead atoms. The van der Waals surface area contributed by atoms with Gasteiger partial charge in [-0.3, -0.25) is 13.7 Å². The Labute approximate surface area is 122 Å². The van der Waals surface area contributed by atoms with Crippen molar-refractivity contribution in [2.75, 3.05) is 12.3 Å². The molecule has 0 aromatic carbocycles. The molecule has 0 aromatic heterocycles. The molecule has 128 valence electrons. The average molecular weight is 369 g/mol. The third-order valence-electron chi connectivity index (χ3n) is 3.10. The highest BCUT2D eigenvalue weighted by Gasteiger charge is 2.52. The van der Waals surface area contributed by atoms with Crippen molar-refractivity contribution in [3.63, 3.8) is 0 Å². The smallest absolute Gasteiger partial charge is 0.324 e. The Morgan fingerprint density at radius 3 is 1.57 bits per heavy atom. The maximum Gasteiger partial charge on any atom is 0.345 e. The fourth-order valence-corrected chi connectivity index (χ4v) is 5.65. The van der Waals surface area contributed by atoms with Gasteiger partial charge in [-0.2, -0.15) is 0 Å². The van der Waals surface area contributed by atoms with Crippen LogP contribution >= 0.6 is 22.8 Å². The molecular formula is C8H22NO9P3. The molecule has 21 heavy (non-hydrogen) atoms. The summed E-state index contributed by atoms with van der Waals surface area (Å²) < 4.78 is 33.9. The van der Waals surface area contributed by atoms with E-state index in [9.17, 15) is 23.5 Å². The fraction of sp³-hybridized carbons (Fsp3) is 1.00. The number of unbranched alkanes of at least 4 members (excludes halogenated alkanes) is 1. The first-order chi connectivity index (χ1) is 9.12. The minimum absolute atomic E-state index is 0.237. The fourth-order valence-electron chi connectivity index (χ4n) is 2.00. The maximum atomic E-state index is 11.6. The van der Waals surface area contributed by atoms with Gasteiger partial charge in [-0.1, -0.05) is 19.8 Å². The topological polar surface area (TPSA) is 199 Å². The molecule has 0 rings (SSSR count). The number of nitrogens with two attached hydrogens (primary N) is 1.